The fourth-order valence-corrected chi connectivity index (χ4v) is 8.64. The largest absolute Gasteiger partial charge is 0.368 e. The number of anilines is 3. The van der Waals surface area contributed by atoms with Gasteiger partial charge < -0.3 is 15.1 Å². The lowest BCUT2D eigenvalue weighted by Crippen LogP contribution is -2.53. The minimum Gasteiger partial charge on any atom is -0.368 e. The summed E-state index contributed by atoms with van der Waals surface area (Å²) in [6.45, 7) is 13.4. The molecule has 0 radical (unpaired) electrons. The van der Waals surface area contributed by atoms with Crippen LogP contribution < -0.4 is 25.5 Å². The molecule has 0 spiro atoms. The Balaban J connectivity index is 1.40. The molecule has 0 aliphatic carbocycles. The normalized spacial score (nSPS) is 15.3. The summed E-state index contributed by atoms with van der Waals surface area (Å²) in [5.41, 5.74) is 5.01. The number of hydrogen-bond acceptors (Lipinski definition) is 5. The summed E-state index contributed by atoms with van der Waals surface area (Å²) in [7, 11) is -0.0540. The summed E-state index contributed by atoms with van der Waals surface area (Å²) >= 11 is 0. The second kappa shape index (κ2) is 9.59. The first kappa shape index (κ1) is 26.5. The van der Waals surface area contributed by atoms with E-state index >= 15 is 0 Å². The first-order valence-corrected chi connectivity index (χ1v) is 17.7. The minimum atomic E-state index is -2.14. The number of aromatic nitrogens is 3. The van der Waals surface area contributed by atoms with E-state index in [0.717, 1.165) is 30.7 Å². The predicted molar refractivity (Wildman–Crippen MR) is 180 cm³/mol. The zero-order chi connectivity index (χ0) is 29.2. The Kier molecular flexibility index (Phi) is 6.06. The van der Waals surface area contributed by atoms with Crippen LogP contribution in [0.3, 0.4) is 0 Å². The van der Waals surface area contributed by atoms with Gasteiger partial charge in [0.15, 0.2) is 11.6 Å². The van der Waals surface area contributed by atoms with Crippen LogP contribution in [0.1, 0.15) is 26.3 Å². The number of hydrogen-bond donors (Lipinski definition) is 1. The Morgan fingerprint density at radius 1 is 0.833 bits per heavy atom. The number of dihydropyridines is 1. The molecule has 3 aromatic carbocycles. The SMILES string of the molecule is CN1CN(c2cc(C(C)(C)C)cc([Si](C)(C)c3ccc4c5ccccc5n(C5=CC=CCN5)c4c3)c2)c2nccnc21. The smallest absolute Gasteiger partial charge is 0.178 e. The molecular weight excluding hydrogens is 533 g/mol. The Bertz CT molecular complexity index is 1910. The van der Waals surface area contributed by atoms with Crippen molar-refractivity contribution in [2.75, 3.05) is 30.1 Å². The topological polar surface area (TPSA) is 49.2 Å². The van der Waals surface area contributed by atoms with Crippen LogP contribution in [0.25, 0.3) is 27.6 Å². The average Bonchev–Trinajstić information content (AvgIpc) is 3.51. The summed E-state index contributed by atoms with van der Waals surface area (Å²) in [5, 5.41) is 9.01. The lowest BCUT2D eigenvalue weighted by molar-refractivity contribution is 0.590. The Hall–Kier alpha value is -4.36. The van der Waals surface area contributed by atoms with Crippen LogP contribution in [0, 0.1) is 0 Å². The lowest BCUT2D eigenvalue weighted by atomic mass is 9.87. The first-order chi connectivity index (χ1) is 20.1. The van der Waals surface area contributed by atoms with Crippen LogP contribution in [-0.4, -0.2) is 42.9 Å². The summed E-state index contributed by atoms with van der Waals surface area (Å²) in [6, 6.07) is 23.1. The van der Waals surface area contributed by atoms with Gasteiger partial charge in [-0.05, 0) is 41.3 Å². The molecule has 0 atom stereocenters. The molecule has 4 heterocycles. The van der Waals surface area contributed by atoms with E-state index in [1.807, 2.05) is 0 Å². The van der Waals surface area contributed by atoms with Gasteiger partial charge >= 0.3 is 0 Å². The Morgan fingerprint density at radius 3 is 2.36 bits per heavy atom. The van der Waals surface area contributed by atoms with Gasteiger partial charge in [-0.3, -0.25) is 4.57 Å². The predicted octanol–water partition coefficient (Wildman–Crippen LogP) is 6.21. The fraction of sp³-hybridized carbons (Fsp3) is 0.257. The van der Waals surface area contributed by atoms with Gasteiger partial charge in [0.05, 0.1) is 17.7 Å². The molecular formula is C35H38N6Si. The van der Waals surface area contributed by atoms with Crippen molar-refractivity contribution in [3.63, 3.8) is 0 Å². The third-order valence-electron chi connectivity index (χ3n) is 8.88. The van der Waals surface area contributed by atoms with E-state index in [4.69, 9.17) is 4.98 Å². The highest BCUT2D eigenvalue weighted by Crippen LogP contribution is 2.38. The molecule has 0 amide bonds. The van der Waals surface area contributed by atoms with E-state index < -0.39 is 8.07 Å². The number of benzene rings is 3. The second-order valence-corrected chi connectivity index (χ2v) is 17.5. The number of rotatable bonds is 4. The van der Waals surface area contributed by atoms with Gasteiger partial charge in [-0.2, -0.15) is 0 Å². The molecule has 2 aliphatic heterocycles. The molecule has 2 aliphatic rings. The van der Waals surface area contributed by atoms with Crippen molar-refractivity contribution >= 4 is 63.4 Å². The molecule has 2 aromatic heterocycles. The summed E-state index contributed by atoms with van der Waals surface area (Å²) in [4.78, 5) is 13.8. The highest BCUT2D eigenvalue weighted by molar-refractivity contribution is 7.00. The van der Waals surface area contributed by atoms with Crippen molar-refractivity contribution in [3.8, 4) is 0 Å². The quantitative estimate of drug-likeness (QED) is 0.261. The lowest BCUT2D eigenvalue weighted by Gasteiger charge is -2.30. The Labute approximate surface area is 249 Å². The standard InChI is InChI=1S/C35H38N6Si/c1-35(2,3)24-19-25(40-23-39(4)33-34(40)38-18-17-37-33)21-27(20-24)42(5,6)26-14-15-29-28-11-7-8-12-30(28)41(31(29)22-26)32-13-9-10-16-36-32/h7-15,17-22,36H,16,23H2,1-6H3. The van der Waals surface area contributed by atoms with Crippen molar-refractivity contribution in [1.29, 1.82) is 0 Å². The van der Waals surface area contributed by atoms with E-state index in [1.165, 1.54) is 43.4 Å². The van der Waals surface area contributed by atoms with Gasteiger partial charge in [-0.25, -0.2) is 9.97 Å². The van der Waals surface area contributed by atoms with Crippen molar-refractivity contribution in [3.05, 3.63) is 96.8 Å². The fourth-order valence-electron chi connectivity index (χ4n) is 6.28. The summed E-state index contributed by atoms with van der Waals surface area (Å²) in [6.07, 6.45) is 10.0. The molecule has 42 heavy (non-hydrogen) atoms. The molecule has 0 saturated heterocycles. The van der Waals surface area contributed by atoms with Gasteiger partial charge in [0.25, 0.3) is 0 Å². The monoisotopic (exact) mass is 570 g/mol. The van der Waals surface area contributed by atoms with Gasteiger partial charge in [-0.1, -0.05) is 92.8 Å². The van der Waals surface area contributed by atoms with Crippen LogP contribution in [0.15, 0.2) is 91.3 Å². The first-order valence-electron chi connectivity index (χ1n) is 14.7. The summed E-state index contributed by atoms with van der Waals surface area (Å²) in [5.74, 6) is 2.97. The van der Waals surface area contributed by atoms with Gasteiger partial charge in [0.2, 0.25) is 0 Å². The number of nitrogens with zero attached hydrogens (tertiary/aromatic N) is 5. The molecule has 0 bridgehead atoms. The second-order valence-electron chi connectivity index (χ2n) is 13.1. The number of nitrogens with one attached hydrogen (secondary N) is 1. The third kappa shape index (κ3) is 4.22. The summed E-state index contributed by atoms with van der Waals surface area (Å²) < 4.78 is 2.40. The van der Waals surface area contributed by atoms with Crippen LogP contribution in [0.4, 0.5) is 17.3 Å². The molecule has 0 fully saturated rings. The van der Waals surface area contributed by atoms with E-state index in [0.29, 0.717) is 0 Å². The molecule has 5 aromatic rings. The molecule has 7 heteroatoms. The van der Waals surface area contributed by atoms with Crippen molar-refractivity contribution < 1.29 is 0 Å². The zero-order valence-corrected chi connectivity index (χ0v) is 26.3. The molecule has 0 saturated carbocycles. The third-order valence-corrected chi connectivity index (χ3v) is 12.4. The average molecular weight is 571 g/mol. The van der Waals surface area contributed by atoms with Gasteiger partial charge in [0, 0.05) is 42.4 Å². The maximum atomic E-state index is 4.73. The molecule has 0 unspecified atom stereocenters. The van der Waals surface area contributed by atoms with Gasteiger partial charge in [-0.15, -0.1) is 0 Å². The molecule has 6 nitrogen and oxygen atoms in total. The highest BCUT2D eigenvalue weighted by atomic mass is 28.3. The maximum absolute atomic E-state index is 4.73. The molecule has 7 rings (SSSR count). The number of fused-ring (bicyclic) bond motifs is 4. The maximum Gasteiger partial charge on any atom is 0.178 e. The zero-order valence-electron chi connectivity index (χ0n) is 25.3. The van der Waals surface area contributed by atoms with Crippen LogP contribution in [-0.2, 0) is 5.41 Å². The van der Waals surface area contributed by atoms with E-state index in [-0.39, 0.29) is 5.41 Å². The van der Waals surface area contributed by atoms with E-state index in [1.54, 1.807) is 12.4 Å². The minimum absolute atomic E-state index is 0.00901. The molecule has 212 valence electrons. The van der Waals surface area contributed by atoms with Gasteiger partial charge in [0.1, 0.15) is 13.9 Å². The highest BCUT2D eigenvalue weighted by Gasteiger charge is 2.33. The number of para-hydroxylation sites is 1. The number of allylic oxidation sites excluding steroid dienone is 2. The van der Waals surface area contributed by atoms with Crippen LogP contribution >= 0.6 is 0 Å². The van der Waals surface area contributed by atoms with Crippen LogP contribution in [0.5, 0.6) is 0 Å². The van der Waals surface area contributed by atoms with E-state index in [2.05, 4.69) is 144 Å². The Morgan fingerprint density at radius 2 is 1.60 bits per heavy atom. The van der Waals surface area contributed by atoms with E-state index in [9.17, 15) is 0 Å². The van der Waals surface area contributed by atoms with Crippen molar-refractivity contribution in [2.24, 2.45) is 0 Å². The van der Waals surface area contributed by atoms with Crippen LogP contribution in [0.2, 0.25) is 13.1 Å². The van der Waals surface area contributed by atoms with Crippen molar-refractivity contribution in [1.82, 2.24) is 19.9 Å². The van der Waals surface area contributed by atoms with Crippen molar-refractivity contribution in [2.45, 2.75) is 39.3 Å². The molecule has 1 N–H and O–H groups in total.